The van der Waals surface area contributed by atoms with Gasteiger partial charge in [0.15, 0.2) is 0 Å². The van der Waals surface area contributed by atoms with Crippen LogP contribution >= 0.6 is 25.3 Å². The smallest absolute Gasteiger partial charge is 0.0112 e. The molecule has 0 aliphatic heterocycles. The molecule has 0 nitrogen and oxygen atoms in total. The summed E-state index contributed by atoms with van der Waals surface area (Å²) in [5.74, 6) is 1.17. The van der Waals surface area contributed by atoms with Crippen LogP contribution in [0.4, 0.5) is 0 Å². The third kappa shape index (κ3) is 4.97. The van der Waals surface area contributed by atoms with Crippen LogP contribution in [0.5, 0.6) is 0 Å². The molecule has 0 rings (SSSR count). The molecule has 0 bridgehead atoms. The fourth-order valence-electron chi connectivity index (χ4n) is 1.23. The van der Waals surface area contributed by atoms with E-state index in [2.05, 4.69) is 57.3 Å². The molecule has 0 heterocycles. The Morgan fingerprint density at radius 3 is 2.50 bits per heavy atom. The monoisotopic (exact) mass is 228 g/mol. The third-order valence-corrected chi connectivity index (χ3v) is 2.95. The van der Waals surface area contributed by atoms with Gasteiger partial charge in [0.05, 0.1) is 0 Å². The zero-order valence-corrected chi connectivity index (χ0v) is 11.0. The topological polar surface area (TPSA) is 0 Å². The van der Waals surface area contributed by atoms with Gasteiger partial charge in [-0.25, -0.2) is 0 Å². The lowest BCUT2D eigenvalue weighted by Gasteiger charge is -2.12. The van der Waals surface area contributed by atoms with E-state index in [4.69, 9.17) is 0 Å². The van der Waals surface area contributed by atoms with Crippen LogP contribution in [-0.4, -0.2) is 5.75 Å². The second-order valence-electron chi connectivity index (χ2n) is 3.13. The highest BCUT2D eigenvalue weighted by Crippen LogP contribution is 2.24. The van der Waals surface area contributed by atoms with Gasteiger partial charge in [-0.3, -0.25) is 0 Å². The Bertz CT molecular complexity index is 237. The van der Waals surface area contributed by atoms with Gasteiger partial charge >= 0.3 is 0 Å². The normalized spacial score (nSPS) is 16.4. The molecule has 0 saturated carbocycles. The summed E-state index contributed by atoms with van der Waals surface area (Å²) in [6.45, 7) is 6.34. The fraction of sp³-hybridized carbons (Fsp3) is 0.500. The first-order valence-electron chi connectivity index (χ1n) is 4.99. The van der Waals surface area contributed by atoms with E-state index in [9.17, 15) is 0 Å². The minimum Gasteiger partial charge on any atom is -0.175 e. The molecule has 1 atom stereocenters. The second-order valence-corrected chi connectivity index (χ2v) is 4.01. The van der Waals surface area contributed by atoms with E-state index in [1.165, 1.54) is 5.57 Å². The van der Waals surface area contributed by atoms with Gasteiger partial charge in [-0.1, -0.05) is 38.2 Å². The van der Waals surface area contributed by atoms with Gasteiger partial charge in [0.1, 0.15) is 0 Å². The maximum atomic E-state index is 4.45. The lowest BCUT2D eigenvalue weighted by atomic mass is 9.98. The SMILES string of the molecule is C/C=C(/S)C(C)C(/C=C\CS)=C/CC. The number of rotatable bonds is 5. The van der Waals surface area contributed by atoms with Crippen molar-refractivity contribution >= 4 is 25.3 Å². The molecule has 0 aromatic carbocycles. The molecular formula is C12H20S2. The molecule has 0 amide bonds. The van der Waals surface area contributed by atoms with E-state index < -0.39 is 0 Å². The van der Waals surface area contributed by atoms with Crippen molar-refractivity contribution in [3.05, 3.63) is 34.8 Å². The highest BCUT2D eigenvalue weighted by atomic mass is 32.1. The number of hydrogen-bond donors (Lipinski definition) is 2. The molecule has 80 valence electrons. The van der Waals surface area contributed by atoms with E-state index in [0.29, 0.717) is 5.92 Å². The van der Waals surface area contributed by atoms with E-state index in [1.54, 1.807) is 0 Å². The van der Waals surface area contributed by atoms with Crippen LogP contribution in [0, 0.1) is 5.92 Å². The molecule has 0 aromatic rings. The highest BCUT2D eigenvalue weighted by molar-refractivity contribution is 7.84. The van der Waals surface area contributed by atoms with Crippen LogP contribution in [0.15, 0.2) is 34.8 Å². The van der Waals surface area contributed by atoms with Crippen LogP contribution in [-0.2, 0) is 0 Å². The Hall–Kier alpha value is -0.0800. The van der Waals surface area contributed by atoms with Crippen LogP contribution in [0.1, 0.15) is 27.2 Å². The van der Waals surface area contributed by atoms with Gasteiger partial charge in [0, 0.05) is 11.7 Å². The van der Waals surface area contributed by atoms with Crippen molar-refractivity contribution in [3.8, 4) is 0 Å². The zero-order valence-electron chi connectivity index (χ0n) is 9.20. The summed E-state index contributed by atoms with van der Waals surface area (Å²) in [7, 11) is 0. The lowest BCUT2D eigenvalue weighted by Crippen LogP contribution is -1.97. The van der Waals surface area contributed by atoms with Gasteiger partial charge in [0.2, 0.25) is 0 Å². The van der Waals surface area contributed by atoms with Crippen LogP contribution in [0.2, 0.25) is 0 Å². The third-order valence-electron chi connectivity index (χ3n) is 2.09. The highest BCUT2D eigenvalue weighted by Gasteiger charge is 2.07. The van der Waals surface area contributed by atoms with Crippen molar-refractivity contribution < 1.29 is 0 Å². The summed E-state index contributed by atoms with van der Waals surface area (Å²) in [6.07, 6.45) is 9.55. The van der Waals surface area contributed by atoms with Gasteiger partial charge in [-0.05, 0) is 23.8 Å². The van der Waals surface area contributed by atoms with Gasteiger partial charge < -0.3 is 0 Å². The molecular weight excluding hydrogens is 208 g/mol. The molecule has 0 aliphatic carbocycles. The number of allylic oxidation sites excluding steroid dienone is 5. The quantitative estimate of drug-likeness (QED) is 0.509. The fourth-order valence-corrected chi connectivity index (χ4v) is 1.49. The van der Waals surface area contributed by atoms with Crippen molar-refractivity contribution in [1.29, 1.82) is 0 Å². The van der Waals surface area contributed by atoms with Crippen molar-refractivity contribution in [1.82, 2.24) is 0 Å². The summed E-state index contributed by atoms with van der Waals surface area (Å²) in [5.41, 5.74) is 1.32. The molecule has 0 spiro atoms. The maximum absolute atomic E-state index is 4.45. The minimum atomic E-state index is 0.388. The van der Waals surface area contributed by atoms with E-state index in [-0.39, 0.29) is 0 Å². The summed E-state index contributed by atoms with van der Waals surface area (Å²) in [4.78, 5) is 1.12. The summed E-state index contributed by atoms with van der Waals surface area (Å²) >= 11 is 8.61. The van der Waals surface area contributed by atoms with Crippen molar-refractivity contribution in [2.24, 2.45) is 5.92 Å². The average molecular weight is 228 g/mol. The summed E-state index contributed by atoms with van der Waals surface area (Å²) in [6, 6.07) is 0. The molecule has 0 N–H and O–H groups in total. The predicted octanol–water partition coefficient (Wildman–Crippen LogP) is 4.28. The molecule has 1 unspecified atom stereocenters. The molecule has 0 aromatic heterocycles. The lowest BCUT2D eigenvalue weighted by molar-refractivity contribution is 0.864. The number of hydrogen-bond acceptors (Lipinski definition) is 2. The zero-order chi connectivity index (χ0) is 11.0. The van der Waals surface area contributed by atoms with Crippen LogP contribution < -0.4 is 0 Å². The Labute approximate surface area is 99.0 Å². The number of thiol groups is 2. The van der Waals surface area contributed by atoms with E-state index in [1.807, 2.05) is 13.0 Å². The maximum Gasteiger partial charge on any atom is 0.0112 e. The first-order valence-corrected chi connectivity index (χ1v) is 6.07. The Morgan fingerprint density at radius 1 is 1.43 bits per heavy atom. The summed E-state index contributed by atoms with van der Waals surface area (Å²) < 4.78 is 0. The predicted molar refractivity (Wildman–Crippen MR) is 73.3 cm³/mol. The van der Waals surface area contributed by atoms with E-state index in [0.717, 1.165) is 17.1 Å². The van der Waals surface area contributed by atoms with Crippen molar-refractivity contribution in [3.63, 3.8) is 0 Å². The van der Waals surface area contributed by atoms with Gasteiger partial charge in [0.25, 0.3) is 0 Å². The molecule has 0 aliphatic rings. The standard InChI is InChI=1S/C12H20S2/c1-4-7-11(8-6-9-13)10(3)12(14)5-2/h5-8,10,13-14H,4,9H2,1-3H3/b8-6-,11-7+,12-5+. The van der Waals surface area contributed by atoms with Crippen molar-refractivity contribution in [2.75, 3.05) is 5.75 Å². The molecule has 0 saturated heterocycles. The van der Waals surface area contributed by atoms with Gasteiger partial charge in [-0.15, -0.1) is 12.6 Å². The van der Waals surface area contributed by atoms with Crippen molar-refractivity contribution in [2.45, 2.75) is 27.2 Å². The van der Waals surface area contributed by atoms with Crippen LogP contribution in [0.3, 0.4) is 0 Å². The largest absolute Gasteiger partial charge is 0.175 e. The Morgan fingerprint density at radius 2 is 2.07 bits per heavy atom. The molecule has 0 fully saturated rings. The Kier molecular flexibility index (Phi) is 8.20. The van der Waals surface area contributed by atoms with Crippen LogP contribution in [0.25, 0.3) is 0 Å². The van der Waals surface area contributed by atoms with E-state index >= 15 is 0 Å². The van der Waals surface area contributed by atoms with Gasteiger partial charge in [-0.2, -0.15) is 12.6 Å². The second kappa shape index (κ2) is 8.25. The first kappa shape index (κ1) is 13.9. The summed E-state index contributed by atoms with van der Waals surface area (Å²) in [5, 5.41) is 0. The minimum absolute atomic E-state index is 0.388. The molecule has 2 heteroatoms. The average Bonchev–Trinajstić information content (AvgIpc) is 2.22. The molecule has 14 heavy (non-hydrogen) atoms. The first-order chi connectivity index (χ1) is 6.67. The molecule has 0 radical (unpaired) electrons. The Balaban J connectivity index is 4.66.